The fourth-order valence-electron chi connectivity index (χ4n) is 4.08. The zero-order chi connectivity index (χ0) is 25.5. The highest BCUT2D eigenvalue weighted by molar-refractivity contribution is 8.00. The molecule has 4 aromatic rings. The van der Waals surface area contributed by atoms with E-state index in [4.69, 9.17) is 21.1 Å². The van der Waals surface area contributed by atoms with E-state index < -0.39 is 0 Å². The summed E-state index contributed by atoms with van der Waals surface area (Å²) in [6.45, 7) is 2.68. The van der Waals surface area contributed by atoms with Gasteiger partial charge in [-0.25, -0.2) is 0 Å². The van der Waals surface area contributed by atoms with Crippen molar-refractivity contribution in [1.29, 1.82) is 0 Å². The molecule has 0 spiro atoms. The fraction of sp³-hybridized carbons (Fsp3) is 0.207. The van der Waals surface area contributed by atoms with Crippen molar-refractivity contribution in [1.82, 2.24) is 0 Å². The third-order valence-corrected chi connectivity index (χ3v) is 7.12. The largest absolute Gasteiger partial charge is 0.497 e. The molecule has 0 bridgehead atoms. The molecular weight excluding hydrogens is 492 g/mol. The lowest BCUT2D eigenvalue weighted by Crippen LogP contribution is -2.34. The van der Waals surface area contributed by atoms with E-state index in [0.29, 0.717) is 11.6 Å². The summed E-state index contributed by atoms with van der Waals surface area (Å²) >= 11 is 7.66. The average molecular weight is 521 g/mol. The van der Waals surface area contributed by atoms with Crippen molar-refractivity contribution >= 4 is 51.7 Å². The minimum atomic E-state index is -0.234. The van der Waals surface area contributed by atoms with Gasteiger partial charge in [0.25, 0.3) is 0 Å². The summed E-state index contributed by atoms with van der Waals surface area (Å²) in [5.41, 5.74) is 3.18. The van der Waals surface area contributed by atoms with E-state index in [1.165, 1.54) is 7.11 Å². The molecule has 7 heteroatoms. The number of rotatable bonds is 10. The van der Waals surface area contributed by atoms with Crippen LogP contribution in [0.3, 0.4) is 0 Å². The highest BCUT2D eigenvalue weighted by Gasteiger charge is 2.21. The Balaban J connectivity index is 1.67. The molecule has 0 fully saturated rings. The van der Waals surface area contributed by atoms with Crippen LogP contribution in [0.15, 0.2) is 89.8 Å². The van der Waals surface area contributed by atoms with Crippen LogP contribution in [0.2, 0.25) is 5.02 Å². The number of hydrogen-bond acceptors (Lipinski definition) is 6. The van der Waals surface area contributed by atoms with Crippen LogP contribution >= 0.6 is 23.5 Å². The Bertz CT molecular complexity index is 1310. The predicted molar refractivity (Wildman–Crippen MR) is 150 cm³/mol. The summed E-state index contributed by atoms with van der Waals surface area (Å²) < 4.78 is 13.7. The first-order valence-electron chi connectivity index (χ1n) is 11.6. The first-order valence-corrected chi connectivity index (χ1v) is 12.8. The van der Waals surface area contributed by atoms with Gasteiger partial charge >= 0.3 is 5.97 Å². The van der Waals surface area contributed by atoms with Crippen LogP contribution in [0.5, 0.6) is 5.75 Å². The molecule has 0 aliphatic rings. The Morgan fingerprint density at radius 1 is 0.944 bits per heavy atom. The van der Waals surface area contributed by atoms with Gasteiger partial charge < -0.3 is 19.1 Å². The lowest BCUT2D eigenvalue weighted by Gasteiger charge is -2.32. The zero-order valence-electron chi connectivity index (χ0n) is 20.5. The number of methoxy groups -OCH3 is 2. The molecule has 0 radical (unpaired) electrons. The monoisotopic (exact) mass is 520 g/mol. The predicted octanol–water partition coefficient (Wildman–Crippen LogP) is 7.58. The molecule has 4 rings (SSSR count). The van der Waals surface area contributed by atoms with Crippen molar-refractivity contribution in [3.05, 3.63) is 95.5 Å². The number of nitrogens with one attached hydrogen (secondary N) is 1. The summed E-state index contributed by atoms with van der Waals surface area (Å²) in [6, 6.07) is 28.2. The number of ether oxygens (including phenoxy) is 2. The van der Waals surface area contributed by atoms with E-state index in [0.717, 1.165) is 38.4 Å². The number of fused-ring (bicyclic) bond motifs is 1. The van der Waals surface area contributed by atoms with Gasteiger partial charge in [0.15, 0.2) is 0 Å². The Kier molecular flexibility index (Phi) is 8.62. The van der Waals surface area contributed by atoms with Gasteiger partial charge in [-0.2, -0.15) is 0 Å². The molecule has 0 aromatic heterocycles. The summed E-state index contributed by atoms with van der Waals surface area (Å²) in [6.07, 6.45) is 0.283. The number of halogens is 1. The molecule has 0 amide bonds. The Hall–Kier alpha value is -3.35. The quantitative estimate of drug-likeness (QED) is 0.172. The van der Waals surface area contributed by atoms with Crippen molar-refractivity contribution in [3.8, 4) is 5.75 Å². The average Bonchev–Trinajstić information content (AvgIpc) is 2.91. The van der Waals surface area contributed by atoms with Crippen molar-refractivity contribution in [2.24, 2.45) is 0 Å². The number of carbonyl (C=O) groups is 1. The Labute approximate surface area is 221 Å². The molecule has 186 valence electrons. The van der Waals surface area contributed by atoms with E-state index in [1.807, 2.05) is 67.6 Å². The van der Waals surface area contributed by atoms with Crippen molar-refractivity contribution < 1.29 is 14.3 Å². The topological polar surface area (TPSA) is 50.8 Å². The van der Waals surface area contributed by atoms with Gasteiger partial charge in [0.1, 0.15) is 5.75 Å². The van der Waals surface area contributed by atoms with E-state index in [1.54, 1.807) is 19.1 Å². The molecule has 4 aromatic carbocycles. The third-order valence-electron chi connectivity index (χ3n) is 6.04. The Morgan fingerprint density at radius 3 is 2.31 bits per heavy atom. The molecule has 0 heterocycles. The standard InChI is InChI=1S/C29H29ClN2O3S/c1-20(18-29(33)35-3)32(19-21-8-10-22(30)11-9-21)28-17-16-27(25-6-4-5-7-26(25)28)31-36-24-14-12-23(34-2)13-15-24/h4-17,20,31H,18-19H2,1-3H3. The van der Waals surface area contributed by atoms with E-state index in [9.17, 15) is 4.79 Å². The molecule has 0 saturated heterocycles. The smallest absolute Gasteiger partial charge is 0.307 e. The van der Waals surface area contributed by atoms with Gasteiger partial charge in [-0.1, -0.05) is 48.0 Å². The molecule has 1 atom stereocenters. The minimum Gasteiger partial charge on any atom is -0.497 e. The summed E-state index contributed by atoms with van der Waals surface area (Å²) in [7, 11) is 3.09. The number of hydrogen-bond donors (Lipinski definition) is 1. The van der Waals surface area contributed by atoms with Crippen LogP contribution in [0.25, 0.3) is 10.8 Å². The van der Waals surface area contributed by atoms with E-state index in [2.05, 4.69) is 33.9 Å². The third kappa shape index (κ3) is 6.25. The zero-order valence-corrected chi connectivity index (χ0v) is 22.1. The second-order valence-corrected chi connectivity index (χ2v) is 9.76. The lowest BCUT2D eigenvalue weighted by atomic mass is 10.0. The maximum atomic E-state index is 12.1. The normalized spacial score (nSPS) is 11.7. The van der Waals surface area contributed by atoms with Gasteiger partial charge in [0.05, 0.1) is 26.3 Å². The molecule has 1 unspecified atom stereocenters. The fourth-order valence-corrected chi connectivity index (χ4v) is 4.88. The van der Waals surface area contributed by atoms with Gasteiger partial charge in [-0.05, 0) is 73.0 Å². The molecule has 0 aliphatic carbocycles. The van der Waals surface area contributed by atoms with Crippen LogP contribution in [0, 0.1) is 0 Å². The van der Waals surface area contributed by atoms with Gasteiger partial charge in [-0.3, -0.25) is 4.79 Å². The molecule has 36 heavy (non-hydrogen) atoms. The number of anilines is 2. The van der Waals surface area contributed by atoms with E-state index >= 15 is 0 Å². The molecule has 0 aliphatic heterocycles. The van der Waals surface area contributed by atoms with Gasteiger partial charge in [0, 0.05) is 39.0 Å². The molecule has 5 nitrogen and oxygen atoms in total. The second kappa shape index (κ2) is 12.1. The molecule has 1 N–H and O–H groups in total. The summed E-state index contributed by atoms with van der Waals surface area (Å²) in [5.74, 6) is 0.595. The number of esters is 1. The van der Waals surface area contributed by atoms with Crippen LogP contribution in [0.1, 0.15) is 18.9 Å². The van der Waals surface area contributed by atoms with Crippen LogP contribution < -0.4 is 14.4 Å². The SMILES string of the molecule is COC(=O)CC(C)N(Cc1ccc(Cl)cc1)c1ccc(NSc2ccc(OC)cc2)c2ccccc12. The van der Waals surface area contributed by atoms with Crippen molar-refractivity contribution in [3.63, 3.8) is 0 Å². The van der Waals surface area contributed by atoms with Crippen LogP contribution in [-0.4, -0.2) is 26.2 Å². The maximum absolute atomic E-state index is 12.1. The van der Waals surface area contributed by atoms with Crippen LogP contribution in [-0.2, 0) is 16.1 Å². The van der Waals surface area contributed by atoms with E-state index in [-0.39, 0.29) is 18.4 Å². The summed E-state index contributed by atoms with van der Waals surface area (Å²) in [4.78, 5) is 15.5. The first kappa shape index (κ1) is 25.7. The summed E-state index contributed by atoms with van der Waals surface area (Å²) in [5, 5.41) is 2.90. The Morgan fingerprint density at radius 2 is 1.64 bits per heavy atom. The first-order chi connectivity index (χ1) is 17.5. The van der Waals surface area contributed by atoms with Crippen molar-refractivity contribution in [2.75, 3.05) is 23.8 Å². The molecule has 0 saturated carbocycles. The highest BCUT2D eigenvalue weighted by atomic mass is 35.5. The van der Waals surface area contributed by atoms with Gasteiger partial charge in [-0.15, -0.1) is 0 Å². The lowest BCUT2D eigenvalue weighted by molar-refractivity contribution is -0.140. The number of carbonyl (C=O) groups excluding carboxylic acids is 1. The second-order valence-electron chi connectivity index (χ2n) is 8.44. The highest BCUT2D eigenvalue weighted by Crippen LogP contribution is 2.36. The maximum Gasteiger partial charge on any atom is 0.307 e. The molecular formula is C29H29ClN2O3S. The van der Waals surface area contributed by atoms with Crippen molar-refractivity contribution in [2.45, 2.75) is 30.8 Å². The minimum absolute atomic E-state index is 0.0796. The van der Waals surface area contributed by atoms with Gasteiger partial charge in [0.2, 0.25) is 0 Å². The van der Waals surface area contributed by atoms with Crippen LogP contribution in [0.4, 0.5) is 11.4 Å². The number of benzene rings is 4. The number of nitrogens with zero attached hydrogens (tertiary/aromatic N) is 1.